The van der Waals surface area contributed by atoms with Crippen molar-refractivity contribution in [1.82, 2.24) is 5.43 Å². The molecule has 2 unspecified atom stereocenters. The molecule has 0 amide bonds. The molecule has 0 radical (unpaired) electrons. The van der Waals surface area contributed by atoms with Crippen molar-refractivity contribution in [3.05, 3.63) is 34.9 Å². The Hall–Kier alpha value is -0.610. The first-order valence-electron chi connectivity index (χ1n) is 5.40. The number of hydrazine groups is 1. The molecule has 0 saturated carbocycles. The summed E-state index contributed by atoms with van der Waals surface area (Å²) in [6, 6.07) is 7.82. The van der Waals surface area contributed by atoms with E-state index in [1.54, 1.807) is 7.11 Å². The number of hydrogen-bond donors (Lipinski definition) is 2. The largest absolute Gasteiger partial charge is 0.385 e. The van der Waals surface area contributed by atoms with E-state index in [0.717, 1.165) is 23.6 Å². The van der Waals surface area contributed by atoms with Gasteiger partial charge < -0.3 is 4.74 Å². The first-order valence-corrected chi connectivity index (χ1v) is 5.78. The summed E-state index contributed by atoms with van der Waals surface area (Å²) in [4.78, 5) is 0. The lowest BCUT2D eigenvalue weighted by Gasteiger charge is -2.24. The molecule has 0 spiro atoms. The van der Waals surface area contributed by atoms with Crippen LogP contribution in [0.3, 0.4) is 0 Å². The van der Waals surface area contributed by atoms with Crippen molar-refractivity contribution in [3.8, 4) is 0 Å². The van der Waals surface area contributed by atoms with Crippen molar-refractivity contribution in [2.24, 2.45) is 11.8 Å². The Balaban J connectivity index is 2.77. The SMILES string of the molecule is COCCC(C)C(NN)c1ccccc1Cl. The number of rotatable bonds is 6. The van der Waals surface area contributed by atoms with Crippen LogP contribution < -0.4 is 11.3 Å². The number of ether oxygens (including phenoxy) is 1. The van der Waals surface area contributed by atoms with E-state index >= 15 is 0 Å². The molecule has 0 saturated heterocycles. The minimum absolute atomic E-state index is 0.0591. The van der Waals surface area contributed by atoms with E-state index in [0.29, 0.717) is 5.92 Å². The highest BCUT2D eigenvalue weighted by atomic mass is 35.5. The molecule has 2 atom stereocenters. The molecule has 4 heteroatoms. The highest BCUT2D eigenvalue weighted by Crippen LogP contribution is 2.29. The summed E-state index contributed by atoms with van der Waals surface area (Å²) in [5, 5.41) is 0.745. The van der Waals surface area contributed by atoms with Crippen molar-refractivity contribution in [3.63, 3.8) is 0 Å². The Morgan fingerprint density at radius 3 is 2.69 bits per heavy atom. The van der Waals surface area contributed by atoms with E-state index in [1.165, 1.54) is 0 Å². The minimum Gasteiger partial charge on any atom is -0.385 e. The average molecular weight is 243 g/mol. The molecule has 1 aromatic rings. The van der Waals surface area contributed by atoms with Gasteiger partial charge in [-0.05, 0) is 24.0 Å². The molecule has 3 N–H and O–H groups in total. The molecule has 0 aromatic heterocycles. The van der Waals surface area contributed by atoms with Gasteiger partial charge in [0.2, 0.25) is 0 Å². The maximum absolute atomic E-state index is 6.15. The Bertz CT molecular complexity index is 320. The van der Waals surface area contributed by atoms with Crippen LogP contribution in [-0.2, 0) is 4.74 Å². The first-order chi connectivity index (χ1) is 7.70. The van der Waals surface area contributed by atoms with Crippen LogP contribution in [0.25, 0.3) is 0 Å². The van der Waals surface area contributed by atoms with Gasteiger partial charge >= 0.3 is 0 Å². The first kappa shape index (κ1) is 13.5. The molecule has 0 aliphatic rings. The summed E-state index contributed by atoms with van der Waals surface area (Å²) in [5.41, 5.74) is 3.87. The topological polar surface area (TPSA) is 47.3 Å². The Morgan fingerprint density at radius 1 is 1.44 bits per heavy atom. The maximum atomic E-state index is 6.15. The van der Waals surface area contributed by atoms with Crippen LogP contribution in [0.5, 0.6) is 0 Å². The Kier molecular flexibility index (Phi) is 5.77. The van der Waals surface area contributed by atoms with Gasteiger partial charge in [-0.15, -0.1) is 0 Å². The minimum atomic E-state index is 0.0591. The highest BCUT2D eigenvalue weighted by Gasteiger charge is 2.19. The number of nitrogens with one attached hydrogen (secondary N) is 1. The number of halogens is 1. The molecular formula is C12H19ClN2O. The lowest BCUT2D eigenvalue weighted by molar-refractivity contribution is 0.170. The van der Waals surface area contributed by atoms with Crippen molar-refractivity contribution < 1.29 is 4.74 Å². The quantitative estimate of drug-likeness (QED) is 0.595. The van der Waals surface area contributed by atoms with Gasteiger partial charge in [-0.2, -0.15) is 0 Å². The summed E-state index contributed by atoms with van der Waals surface area (Å²) in [6.07, 6.45) is 0.941. The molecule has 1 aromatic carbocycles. The summed E-state index contributed by atoms with van der Waals surface area (Å²) >= 11 is 6.15. The second-order valence-electron chi connectivity index (χ2n) is 3.92. The number of nitrogens with two attached hydrogens (primary N) is 1. The summed E-state index contributed by atoms with van der Waals surface area (Å²) in [5.74, 6) is 5.96. The third-order valence-corrected chi connectivity index (χ3v) is 3.11. The van der Waals surface area contributed by atoms with Crippen LogP contribution in [0.15, 0.2) is 24.3 Å². The fraction of sp³-hybridized carbons (Fsp3) is 0.500. The lowest BCUT2D eigenvalue weighted by atomic mass is 9.92. The monoisotopic (exact) mass is 242 g/mol. The van der Waals surface area contributed by atoms with Crippen molar-refractivity contribution in [2.45, 2.75) is 19.4 Å². The predicted molar refractivity (Wildman–Crippen MR) is 67.2 cm³/mol. The van der Waals surface area contributed by atoms with Crippen molar-refractivity contribution >= 4 is 11.6 Å². The molecule has 16 heavy (non-hydrogen) atoms. The molecule has 0 aliphatic carbocycles. The predicted octanol–water partition coefficient (Wildman–Crippen LogP) is 2.52. The lowest BCUT2D eigenvalue weighted by Crippen LogP contribution is -2.33. The van der Waals surface area contributed by atoms with Crippen LogP contribution >= 0.6 is 11.6 Å². The van der Waals surface area contributed by atoms with Crippen LogP contribution in [-0.4, -0.2) is 13.7 Å². The van der Waals surface area contributed by atoms with E-state index in [4.69, 9.17) is 22.2 Å². The Morgan fingerprint density at radius 2 is 2.12 bits per heavy atom. The second kappa shape index (κ2) is 6.86. The number of hydrogen-bond acceptors (Lipinski definition) is 3. The van der Waals surface area contributed by atoms with Crippen LogP contribution in [0.2, 0.25) is 5.02 Å². The molecule has 3 nitrogen and oxygen atoms in total. The van der Waals surface area contributed by atoms with Gasteiger partial charge in [-0.3, -0.25) is 11.3 Å². The van der Waals surface area contributed by atoms with Crippen molar-refractivity contribution in [1.29, 1.82) is 0 Å². The van der Waals surface area contributed by atoms with Crippen LogP contribution in [0.4, 0.5) is 0 Å². The van der Waals surface area contributed by atoms with Crippen molar-refractivity contribution in [2.75, 3.05) is 13.7 Å². The van der Waals surface area contributed by atoms with E-state index < -0.39 is 0 Å². The van der Waals surface area contributed by atoms with Gasteiger partial charge in [0.25, 0.3) is 0 Å². The van der Waals surface area contributed by atoms with Gasteiger partial charge in [0.1, 0.15) is 0 Å². The summed E-state index contributed by atoms with van der Waals surface area (Å²) < 4.78 is 5.07. The van der Waals surface area contributed by atoms with Gasteiger partial charge in [0, 0.05) is 18.7 Å². The maximum Gasteiger partial charge on any atom is 0.0501 e. The van der Waals surface area contributed by atoms with E-state index in [2.05, 4.69) is 12.3 Å². The molecule has 0 aliphatic heterocycles. The normalized spacial score (nSPS) is 14.8. The van der Waals surface area contributed by atoms with Crippen LogP contribution in [0.1, 0.15) is 24.9 Å². The summed E-state index contributed by atoms with van der Waals surface area (Å²) in [6.45, 7) is 2.86. The summed E-state index contributed by atoms with van der Waals surface area (Å²) in [7, 11) is 1.70. The third kappa shape index (κ3) is 3.46. The van der Waals surface area contributed by atoms with Crippen LogP contribution in [0, 0.1) is 5.92 Å². The highest BCUT2D eigenvalue weighted by molar-refractivity contribution is 6.31. The fourth-order valence-electron chi connectivity index (χ4n) is 1.76. The Labute approximate surface area is 102 Å². The zero-order chi connectivity index (χ0) is 12.0. The zero-order valence-corrected chi connectivity index (χ0v) is 10.5. The molecule has 0 fully saturated rings. The smallest absolute Gasteiger partial charge is 0.0501 e. The fourth-order valence-corrected chi connectivity index (χ4v) is 2.01. The number of methoxy groups -OCH3 is 1. The molecule has 0 bridgehead atoms. The van der Waals surface area contributed by atoms with Gasteiger partial charge in [-0.25, -0.2) is 0 Å². The standard InChI is InChI=1S/C12H19ClN2O/c1-9(7-8-16-2)12(15-14)10-5-3-4-6-11(10)13/h3-6,9,12,15H,7-8,14H2,1-2H3. The van der Waals surface area contributed by atoms with Gasteiger partial charge in [0.15, 0.2) is 0 Å². The molecule has 0 heterocycles. The molecule has 1 rings (SSSR count). The van der Waals surface area contributed by atoms with E-state index in [1.807, 2.05) is 24.3 Å². The average Bonchev–Trinajstić information content (AvgIpc) is 2.30. The van der Waals surface area contributed by atoms with Gasteiger partial charge in [0.05, 0.1) is 6.04 Å². The third-order valence-electron chi connectivity index (χ3n) is 2.77. The zero-order valence-electron chi connectivity index (χ0n) is 9.74. The van der Waals surface area contributed by atoms with E-state index in [-0.39, 0.29) is 6.04 Å². The number of benzene rings is 1. The molecular weight excluding hydrogens is 224 g/mol. The van der Waals surface area contributed by atoms with E-state index in [9.17, 15) is 0 Å². The molecule has 90 valence electrons. The van der Waals surface area contributed by atoms with Gasteiger partial charge in [-0.1, -0.05) is 36.7 Å². The second-order valence-corrected chi connectivity index (χ2v) is 4.33.